The quantitative estimate of drug-likeness (QED) is 0.281. The number of thiazole rings is 2. The van der Waals surface area contributed by atoms with Gasteiger partial charge in [0.2, 0.25) is 11.8 Å². The van der Waals surface area contributed by atoms with Gasteiger partial charge in [-0.05, 0) is 41.6 Å². The third-order valence-corrected chi connectivity index (χ3v) is 7.37. The number of nitrogens with one attached hydrogen (secondary N) is 4. The van der Waals surface area contributed by atoms with Gasteiger partial charge in [0.25, 0.3) is 0 Å². The van der Waals surface area contributed by atoms with Crippen LogP contribution < -0.4 is 16.4 Å². The standard InChI is InChI=1S/C8H7BrN4OS.C8H9N5OS/c2*9-5-4-6(13-12-5)10-8(15-4)11-7(14)3-1-2-3/h3H,1-2H2,(H2,10,11,12,13,14);3H,1-2H2,(H4,9,10,11,12,13,14). The molecule has 4 heterocycles. The summed E-state index contributed by atoms with van der Waals surface area (Å²) in [5, 5.41) is 20.1. The zero-order chi connectivity index (χ0) is 20.8. The van der Waals surface area contributed by atoms with E-state index in [1.54, 1.807) is 0 Å². The summed E-state index contributed by atoms with van der Waals surface area (Å²) in [4.78, 5) is 31.3. The highest BCUT2D eigenvalue weighted by molar-refractivity contribution is 9.10. The second kappa shape index (κ2) is 7.59. The first-order valence-electron chi connectivity index (χ1n) is 9.20. The molecule has 6 rings (SSSR count). The highest BCUT2D eigenvalue weighted by Gasteiger charge is 2.31. The van der Waals surface area contributed by atoms with Crippen molar-refractivity contribution in [2.45, 2.75) is 25.7 Å². The van der Waals surface area contributed by atoms with Crippen LogP contribution in [0.1, 0.15) is 25.7 Å². The number of carbonyl (C=O) groups excluding carboxylic acids is 2. The van der Waals surface area contributed by atoms with Crippen LogP contribution >= 0.6 is 38.6 Å². The van der Waals surface area contributed by atoms with Crippen LogP contribution in [-0.2, 0) is 9.59 Å². The average molecular weight is 510 g/mol. The molecule has 2 aliphatic carbocycles. The van der Waals surface area contributed by atoms with Gasteiger partial charge in [-0.1, -0.05) is 22.7 Å². The Morgan fingerprint density at radius 1 is 0.900 bits per heavy atom. The Morgan fingerprint density at radius 2 is 1.40 bits per heavy atom. The van der Waals surface area contributed by atoms with Gasteiger partial charge in [-0.3, -0.25) is 19.8 Å². The number of amides is 2. The minimum Gasteiger partial charge on any atom is -0.383 e. The number of H-pyrrole nitrogens is 2. The molecule has 2 saturated carbocycles. The molecule has 2 fully saturated rings. The fourth-order valence-electron chi connectivity index (χ4n) is 2.62. The summed E-state index contributed by atoms with van der Waals surface area (Å²) < 4.78 is 2.53. The maximum Gasteiger partial charge on any atom is 0.229 e. The van der Waals surface area contributed by atoms with E-state index in [2.05, 4.69) is 56.9 Å². The fraction of sp³-hybridized carbons (Fsp3) is 0.375. The van der Waals surface area contributed by atoms with Crippen LogP contribution in [0.15, 0.2) is 4.60 Å². The number of anilines is 3. The van der Waals surface area contributed by atoms with Crippen LogP contribution in [-0.4, -0.2) is 42.2 Å². The molecule has 0 aromatic carbocycles. The zero-order valence-electron chi connectivity index (χ0n) is 15.4. The third kappa shape index (κ3) is 4.02. The Balaban J connectivity index is 0.000000128. The predicted octanol–water partition coefficient (Wildman–Crippen LogP) is 3.08. The van der Waals surface area contributed by atoms with Crippen molar-refractivity contribution in [2.24, 2.45) is 11.8 Å². The second-order valence-electron chi connectivity index (χ2n) is 7.05. The minimum absolute atomic E-state index is 0.0500. The maximum absolute atomic E-state index is 11.5. The van der Waals surface area contributed by atoms with Gasteiger partial charge in [0.05, 0.1) is 0 Å². The van der Waals surface area contributed by atoms with E-state index < -0.39 is 0 Å². The molecule has 11 nitrogen and oxygen atoms in total. The summed E-state index contributed by atoms with van der Waals surface area (Å²) in [6, 6.07) is 0. The van der Waals surface area contributed by atoms with Crippen molar-refractivity contribution in [3.8, 4) is 0 Å². The van der Waals surface area contributed by atoms with Gasteiger partial charge >= 0.3 is 0 Å². The van der Waals surface area contributed by atoms with E-state index in [0.717, 1.165) is 39.7 Å². The number of aromatic nitrogens is 6. The number of hydrogen-bond donors (Lipinski definition) is 5. The normalized spacial score (nSPS) is 15.8. The van der Waals surface area contributed by atoms with Crippen molar-refractivity contribution in [3.05, 3.63) is 4.60 Å². The monoisotopic (exact) mass is 509 g/mol. The molecule has 0 unspecified atom stereocenters. The number of fused-ring (bicyclic) bond motifs is 2. The molecule has 0 atom stereocenters. The van der Waals surface area contributed by atoms with Gasteiger partial charge in [-0.2, -0.15) is 20.2 Å². The number of halogens is 1. The smallest absolute Gasteiger partial charge is 0.229 e. The lowest BCUT2D eigenvalue weighted by molar-refractivity contribution is -0.118. The molecule has 14 heteroatoms. The Bertz CT molecular complexity index is 1150. The molecular weight excluding hydrogens is 494 g/mol. The molecular formula is C16H16BrN9O2S2. The summed E-state index contributed by atoms with van der Waals surface area (Å²) in [6.07, 6.45) is 3.96. The summed E-state index contributed by atoms with van der Waals surface area (Å²) in [7, 11) is 0. The van der Waals surface area contributed by atoms with Crippen molar-refractivity contribution in [1.82, 2.24) is 30.4 Å². The summed E-state index contributed by atoms with van der Waals surface area (Å²) in [5.74, 6) is 1.00. The molecule has 2 amide bonds. The van der Waals surface area contributed by atoms with Crippen LogP contribution in [0.2, 0.25) is 0 Å². The van der Waals surface area contributed by atoms with Gasteiger partial charge in [-0.25, -0.2) is 0 Å². The Morgan fingerprint density at radius 3 is 1.90 bits per heavy atom. The van der Waals surface area contributed by atoms with Crippen molar-refractivity contribution in [3.63, 3.8) is 0 Å². The van der Waals surface area contributed by atoms with Gasteiger partial charge in [0, 0.05) is 11.8 Å². The molecule has 6 N–H and O–H groups in total. The van der Waals surface area contributed by atoms with E-state index in [1.807, 2.05) is 0 Å². The lowest BCUT2D eigenvalue weighted by Crippen LogP contribution is -2.12. The summed E-state index contributed by atoms with van der Waals surface area (Å²) in [5.41, 5.74) is 6.83. The van der Waals surface area contributed by atoms with Gasteiger partial charge in [0.1, 0.15) is 19.8 Å². The van der Waals surface area contributed by atoms with Gasteiger partial charge < -0.3 is 16.4 Å². The minimum atomic E-state index is 0.0500. The highest BCUT2D eigenvalue weighted by Crippen LogP contribution is 2.34. The lowest BCUT2D eigenvalue weighted by Gasteiger charge is -1.96. The first-order chi connectivity index (χ1) is 14.5. The second-order valence-corrected chi connectivity index (χ2v) is 9.84. The number of nitrogen functional groups attached to an aromatic ring is 1. The van der Waals surface area contributed by atoms with Crippen molar-refractivity contribution < 1.29 is 9.59 Å². The SMILES string of the molecule is Nc1[nH]nc2nc(NC(=O)C3CC3)sc12.O=C(Nc1nc2n[nH]c(Br)c2s1)C1CC1. The number of hydrogen-bond acceptors (Lipinski definition) is 9. The molecule has 0 radical (unpaired) electrons. The molecule has 30 heavy (non-hydrogen) atoms. The maximum atomic E-state index is 11.5. The van der Waals surface area contributed by atoms with Crippen LogP contribution in [0, 0.1) is 11.8 Å². The molecule has 0 spiro atoms. The van der Waals surface area contributed by atoms with Crippen LogP contribution in [0.5, 0.6) is 0 Å². The summed E-state index contributed by atoms with van der Waals surface area (Å²) >= 11 is 6.09. The predicted molar refractivity (Wildman–Crippen MR) is 118 cm³/mol. The molecule has 0 saturated heterocycles. The van der Waals surface area contributed by atoms with E-state index in [4.69, 9.17) is 5.73 Å². The lowest BCUT2D eigenvalue weighted by atomic mass is 10.4. The van der Waals surface area contributed by atoms with Crippen LogP contribution in [0.3, 0.4) is 0 Å². The fourth-order valence-corrected chi connectivity index (χ4v) is 4.74. The topological polar surface area (TPSA) is 167 Å². The molecule has 0 bridgehead atoms. The first-order valence-corrected chi connectivity index (χ1v) is 11.6. The number of rotatable bonds is 4. The summed E-state index contributed by atoms with van der Waals surface area (Å²) in [6.45, 7) is 0. The Hall–Kier alpha value is -2.58. The van der Waals surface area contributed by atoms with Gasteiger partial charge in [-0.15, -0.1) is 0 Å². The Labute approximate surface area is 185 Å². The van der Waals surface area contributed by atoms with E-state index in [9.17, 15) is 9.59 Å². The number of carbonyl (C=O) groups is 2. The third-order valence-electron chi connectivity index (χ3n) is 4.56. The Kier molecular flexibility index (Phi) is 4.91. The zero-order valence-corrected chi connectivity index (χ0v) is 18.6. The average Bonchev–Trinajstić information content (AvgIpc) is 3.61. The van der Waals surface area contributed by atoms with E-state index in [0.29, 0.717) is 27.4 Å². The van der Waals surface area contributed by atoms with Crippen molar-refractivity contribution >= 4 is 87.2 Å². The van der Waals surface area contributed by atoms with Crippen molar-refractivity contribution in [1.29, 1.82) is 0 Å². The van der Waals surface area contributed by atoms with Crippen LogP contribution in [0.25, 0.3) is 20.7 Å². The first kappa shape index (κ1) is 19.4. The molecule has 4 aromatic rings. The van der Waals surface area contributed by atoms with E-state index in [1.165, 1.54) is 22.7 Å². The number of nitrogens with two attached hydrogens (primary N) is 1. The molecule has 156 valence electrons. The molecule has 0 aliphatic heterocycles. The number of nitrogens with zero attached hydrogens (tertiary/aromatic N) is 4. The van der Waals surface area contributed by atoms with E-state index in [-0.39, 0.29) is 23.7 Å². The number of aromatic amines is 2. The van der Waals surface area contributed by atoms with Crippen LogP contribution in [0.4, 0.5) is 16.1 Å². The molecule has 2 aliphatic rings. The van der Waals surface area contributed by atoms with Gasteiger partial charge in [0.15, 0.2) is 21.6 Å². The highest BCUT2D eigenvalue weighted by atomic mass is 79.9. The van der Waals surface area contributed by atoms with Crippen molar-refractivity contribution in [2.75, 3.05) is 16.4 Å². The van der Waals surface area contributed by atoms with E-state index >= 15 is 0 Å². The largest absolute Gasteiger partial charge is 0.383 e. The molecule has 4 aromatic heterocycles.